The van der Waals surface area contributed by atoms with Crippen molar-refractivity contribution in [2.45, 2.75) is 15.6 Å². The third-order valence-corrected chi connectivity index (χ3v) is 9.11. The van der Waals surface area contributed by atoms with Crippen molar-refractivity contribution in [1.82, 2.24) is 0 Å². The Labute approximate surface area is 229 Å². The first-order chi connectivity index (χ1) is 17.9. The van der Waals surface area contributed by atoms with Gasteiger partial charge in [0.1, 0.15) is 11.5 Å². The van der Waals surface area contributed by atoms with Crippen LogP contribution in [-0.4, -0.2) is 14.2 Å². The van der Waals surface area contributed by atoms with Crippen LogP contribution in [0.3, 0.4) is 0 Å². The van der Waals surface area contributed by atoms with E-state index in [1.54, 1.807) is 62.8 Å². The third-order valence-electron chi connectivity index (χ3n) is 5.60. The molecule has 0 amide bonds. The summed E-state index contributed by atoms with van der Waals surface area (Å²) in [6.07, 6.45) is 0. The molecule has 1 unspecified atom stereocenters. The molecule has 1 aliphatic heterocycles. The van der Waals surface area contributed by atoms with Gasteiger partial charge in [-0.1, -0.05) is 65.3 Å². The van der Waals surface area contributed by atoms with Crippen LogP contribution in [0.15, 0.2) is 94.7 Å². The molecular formula is C27H22Cl2NO5PS. The minimum absolute atomic E-state index is 0.387. The lowest BCUT2D eigenvalue weighted by Gasteiger charge is -2.31. The maximum atomic E-state index is 14.8. The van der Waals surface area contributed by atoms with Crippen molar-refractivity contribution in [2.75, 3.05) is 19.5 Å². The van der Waals surface area contributed by atoms with Crippen molar-refractivity contribution in [2.24, 2.45) is 0 Å². The van der Waals surface area contributed by atoms with E-state index in [0.29, 0.717) is 54.1 Å². The zero-order valence-electron chi connectivity index (χ0n) is 19.8. The van der Waals surface area contributed by atoms with Crippen LogP contribution in [0.1, 0.15) is 11.3 Å². The molecule has 0 aliphatic carbocycles. The monoisotopic (exact) mass is 573 g/mol. The van der Waals surface area contributed by atoms with Crippen LogP contribution in [0.4, 0.5) is 5.69 Å². The van der Waals surface area contributed by atoms with E-state index in [-0.39, 0.29) is 0 Å². The second-order valence-electron chi connectivity index (χ2n) is 8.03. The summed E-state index contributed by atoms with van der Waals surface area (Å²) in [5.74, 6) is 0.982. The van der Waals surface area contributed by atoms with E-state index >= 15 is 0 Å². The molecule has 1 heterocycles. The number of halogens is 2. The van der Waals surface area contributed by atoms with Gasteiger partial charge in [-0.25, -0.2) is 4.57 Å². The Morgan fingerprint density at radius 2 is 1.38 bits per heavy atom. The highest BCUT2D eigenvalue weighted by Crippen LogP contribution is 2.63. The molecule has 4 aromatic carbocycles. The molecule has 5 rings (SSSR count). The Kier molecular flexibility index (Phi) is 7.50. The Balaban J connectivity index is 1.65. The zero-order chi connectivity index (χ0) is 26.0. The summed E-state index contributed by atoms with van der Waals surface area (Å²) in [5.41, 5.74) is 1.35. The van der Waals surface area contributed by atoms with Gasteiger partial charge >= 0.3 is 7.60 Å². The summed E-state index contributed by atoms with van der Waals surface area (Å²) in [7, 11) is -0.878. The van der Waals surface area contributed by atoms with Crippen molar-refractivity contribution >= 4 is 48.2 Å². The summed E-state index contributed by atoms with van der Waals surface area (Å²) in [5, 5.41) is 4.41. The number of hydrogen-bond donors (Lipinski definition) is 1. The van der Waals surface area contributed by atoms with E-state index in [1.807, 2.05) is 36.4 Å². The van der Waals surface area contributed by atoms with Crippen molar-refractivity contribution < 1.29 is 23.1 Å². The summed E-state index contributed by atoms with van der Waals surface area (Å²) in [6.45, 7) is 0. The number of nitrogens with one attached hydrogen (secondary N) is 1. The van der Waals surface area contributed by atoms with Gasteiger partial charge in [-0.15, -0.1) is 0 Å². The lowest BCUT2D eigenvalue weighted by atomic mass is 10.2. The highest BCUT2D eigenvalue weighted by Gasteiger charge is 2.43. The number of hydrogen-bond acceptors (Lipinski definition) is 7. The average molecular weight is 574 g/mol. The van der Waals surface area contributed by atoms with E-state index in [0.717, 1.165) is 0 Å². The SMILES string of the molecule is COc1ccc(NC(c2ccccc2)P2(=O)Oc3ccc(Cl)cc3Sc3cc(Cl)ccc3O2)cc1OC. The van der Waals surface area contributed by atoms with Crippen molar-refractivity contribution in [3.05, 3.63) is 101 Å². The number of fused-ring (bicyclic) bond motifs is 2. The van der Waals surface area contributed by atoms with E-state index in [4.69, 9.17) is 41.7 Å². The van der Waals surface area contributed by atoms with Crippen molar-refractivity contribution in [3.8, 4) is 23.0 Å². The maximum Gasteiger partial charge on any atom is 0.457 e. The van der Waals surface area contributed by atoms with Gasteiger partial charge < -0.3 is 23.8 Å². The smallest absolute Gasteiger partial charge is 0.457 e. The number of rotatable bonds is 6. The first-order valence-electron chi connectivity index (χ1n) is 11.2. The summed E-state index contributed by atoms with van der Waals surface area (Å²) in [6, 6.07) is 25.0. The van der Waals surface area contributed by atoms with Crippen LogP contribution in [0.25, 0.3) is 0 Å². The molecule has 37 heavy (non-hydrogen) atoms. The van der Waals surface area contributed by atoms with Gasteiger partial charge in [0.25, 0.3) is 0 Å². The molecule has 0 saturated heterocycles. The van der Waals surface area contributed by atoms with Gasteiger partial charge in [-0.05, 0) is 54.1 Å². The molecule has 0 spiro atoms. The molecule has 0 bridgehead atoms. The van der Waals surface area contributed by atoms with Gasteiger partial charge in [0.2, 0.25) is 0 Å². The van der Waals surface area contributed by atoms with Crippen LogP contribution in [0.2, 0.25) is 10.0 Å². The predicted octanol–water partition coefficient (Wildman–Crippen LogP) is 8.94. The summed E-state index contributed by atoms with van der Waals surface area (Å²) >= 11 is 14.0. The maximum absolute atomic E-state index is 14.8. The highest BCUT2D eigenvalue weighted by molar-refractivity contribution is 7.99. The largest absolute Gasteiger partial charge is 0.493 e. The van der Waals surface area contributed by atoms with E-state index in [9.17, 15) is 4.57 Å². The molecule has 1 aliphatic rings. The molecule has 10 heteroatoms. The topological polar surface area (TPSA) is 66.0 Å². The predicted molar refractivity (Wildman–Crippen MR) is 148 cm³/mol. The van der Waals surface area contributed by atoms with Crippen LogP contribution in [-0.2, 0) is 4.57 Å². The summed E-state index contributed by atoms with van der Waals surface area (Å²) in [4.78, 5) is 1.38. The number of methoxy groups -OCH3 is 2. The molecule has 0 radical (unpaired) electrons. The lowest BCUT2D eigenvalue weighted by Crippen LogP contribution is -2.19. The fourth-order valence-electron chi connectivity index (χ4n) is 3.86. The quantitative estimate of drug-likeness (QED) is 0.231. The average Bonchev–Trinajstić information content (AvgIpc) is 2.90. The molecule has 190 valence electrons. The molecule has 1 atom stereocenters. The van der Waals surface area contributed by atoms with E-state index < -0.39 is 13.4 Å². The van der Waals surface area contributed by atoms with Crippen molar-refractivity contribution in [1.29, 1.82) is 0 Å². The van der Waals surface area contributed by atoms with Crippen LogP contribution in [0, 0.1) is 0 Å². The van der Waals surface area contributed by atoms with Gasteiger partial charge in [0.15, 0.2) is 17.3 Å². The summed E-state index contributed by atoms with van der Waals surface area (Å²) < 4.78 is 38.2. The van der Waals surface area contributed by atoms with Gasteiger partial charge in [-0.2, -0.15) is 0 Å². The standard InChI is InChI=1S/C27H22Cl2NO5PS/c1-32-21-13-10-20(16-24(21)33-2)30-27(17-6-4-3-5-7-17)36(31)34-22-11-8-18(28)14-25(22)37-26-15-19(29)9-12-23(26)35-36/h3-16,27,30H,1-2H3. The molecule has 1 N–H and O–H groups in total. The number of ether oxygens (including phenoxy) is 2. The molecule has 4 aromatic rings. The minimum atomic E-state index is -4.00. The fourth-order valence-corrected chi connectivity index (χ4v) is 7.44. The Hall–Kier alpha value is -2.96. The minimum Gasteiger partial charge on any atom is -0.493 e. The van der Waals surface area contributed by atoms with Gasteiger partial charge in [0.05, 0.1) is 24.0 Å². The highest BCUT2D eigenvalue weighted by atomic mass is 35.5. The van der Waals surface area contributed by atoms with Gasteiger partial charge in [-0.3, -0.25) is 0 Å². The third kappa shape index (κ3) is 5.51. The van der Waals surface area contributed by atoms with Crippen LogP contribution in [0.5, 0.6) is 23.0 Å². The Morgan fingerprint density at radius 1 is 0.784 bits per heavy atom. The molecule has 0 fully saturated rings. The van der Waals surface area contributed by atoms with E-state index in [1.165, 1.54) is 11.8 Å². The normalized spacial score (nSPS) is 14.5. The second-order valence-corrected chi connectivity index (χ2v) is 12.0. The second kappa shape index (κ2) is 10.8. The lowest BCUT2D eigenvalue weighted by molar-refractivity contribution is 0.355. The number of benzene rings is 4. The molecule has 0 aromatic heterocycles. The first kappa shape index (κ1) is 25.7. The molecule has 6 nitrogen and oxygen atoms in total. The van der Waals surface area contributed by atoms with Gasteiger partial charge in [0, 0.05) is 21.8 Å². The van der Waals surface area contributed by atoms with E-state index in [2.05, 4.69) is 5.32 Å². The Morgan fingerprint density at radius 3 is 1.95 bits per heavy atom. The molecule has 0 saturated carbocycles. The van der Waals surface area contributed by atoms with Crippen LogP contribution >= 0.6 is 42.6 Å². The fraction of sp³-hybridized carbons (Fsp3) is 0.111. The molecular weight excluding hydrogens is 552 g/mol. The zero-order valence-corrected chi connectivity index (χ0v) is 23.0. The van der Waals surface area contributed by atoms with Crippen LogP contribution < -0.4 is 23.8 Å². The number of anilines is 1. The van der Waals surface area contributed by atoms with Crippen molar-refractivity contribution in [3.63, 3.8) is 0 Å². The Bertz CT molecular complexity index is 1430. The first-order valence-corrected chi connectivity index (χ1v) is 14.4.